The minimum absolute atomic E-state index is 0.136. The molecule has 4 nitrogen and oxygen atoms in total. The van der Waals surface area contributed by atoms with E-state index in [2.05, 4.69) is 97.6 Å². The van der Waals surface area contributed by atoms with Gasteiger partial charge in [-0.3, -0.25) is 0 Å². The van der Waals surface area contributed by atoms with Gasteiger partial charge in [-0.15, -0.1) is 0 Å². The van der Waals surface area contributed by atoms with Crippen molar-refractivity contribution >= 4 is 16.7 Å². The van der Waals surface area contributed by atoms with Crippen molar-refractivity contribution in [3.05, 3.63) is 83.4 Å². The predicted molar refractivity (Wildman–Crippen MR) is 127 cm³/mol. The van der Waals surface area contributed by atoms with Gasteiger partial charge in [0.15, 0.2) is 0 Å². The molecule has 0 saturated carbocycles. The van der Waals surface area contributed by atoms with E-state index in [4.69, 9.17) is 4.98 Å². The van der Waals surface area contributed by atoms with Crippen molar-refractivity contribution in [2.45, 2.75) is 46.6 Å². The van der Waals surface area contributed by atoms with E-state index in [0.29, 0.717) is 0 Å². The second-order valence-electron chi connectivity index (χ2n) is 9.79. The Kier molecular flexibility index (Phi) is 4.73. The first kappa shape index (κ1) is 19.7. The third-order valence-electron chi connectivity index (χ3n) is 5.90. The molecule has 1 aliphatic heterocycles. The van der Waals surface area contributed by atoms with E-state index in [-0.39, 0.29) is 11.5 Å². The lowest BCUT2D eigenvalue weighted by Gasteiger charge is -2.18. The second-order valence-corrected chi connectivity index (χ2v) is 9.79. The Bertz CT molecular complexity index is 1270. The van der Waals surface area contributed by atoms with Gasteiger partial charge in [0.1, 0.15) is 12.1 Å². The molecule has 0 spiro atoms. The number of nitrogens with one attached hydrogen (secondary N) is 1. The SMILES string of the molecule is Cc1ccccc1-c1ccc2nc3c(cc2c1)CC(c1cc(CC(C)(C)C)ncn1)N3. The maximum absolute atomic E-state index is 4.92. The first-order valence-corrected chi connectivity index (χ1v) is 10.9. The van der Waals surface area contributed by atoms with Crippen LogP contribution in [0.25, 0.3) is 22.0 Å². The topological polar surface area (TPSA) is 50.7 Å². The highest BCUT2D eigenvalue weighted by molar-refractivity contribution is 5.87. The average molecular weight is 409 g/mol. The fourth-order valence-corrected chi connectivity index (χ4v) is 4.43. The van der Waals surface area contributed by atoms with Crippen LogP contribution in [0.3, 0.4) is 0 Å². The summed E-state index contributed by atoms with van der Waals surface area (Å²) in [5, 5.41) is 4.77. The van der Waals surface area contributed by atoms with E-state index >= 15 is 0 Å². The van der Waals surface area contributed by atoms with Gasteiger partial charge < -0.3 is 5.32 Å². The summed E-state index contributed by atoms with van der Waals surface area (Å²) in [4.78, 5) is 14.0. The van der Waals surface area contributed by atoms with Gasteiger partial charge in [0.25, 0.3) is 0 Å². The van der Waals surface area contributed by atoms with Crippen molar-refractivity contribution in [3.63, 3.8) is 0 Å². The van der Waals surface area contributed by atoms with Crippen molar-refractivity contribution in [1.82, 2.24) is 15.0 Å². The number of pyridine rings is 1. The van der Waals surface area contributed by atoms with E-state index < -0.39 is 0 Å². The zero-order valence-electron chi connectivity index (χ0n) is 18.6. The summed E-state index contributed by atoms with van der Waals surface area (Å²) in [5.41, 5.74) is 8.38. The smallest absolute Gasteiger partial charge is 0.130 e. The third-order valence-corrected chi connectivity index (χ3v) is 5.90. The number of aryl methyl sites for hydroxylation is 1. The molecule has 4 aromatic rings. The molecule has 2 aromatic carbocycles. The molecule has 0 fully saturated rings. The fraction of sp³-hybridized carbons (Fsp3) is 0.296. The van der Waals surface area contributed by atoms with Gasteiger partial charge in [-0.05, 0) is 65.3 Å². The number of hydrogen-bond donors (Lipinski definition) is 1. The highest BCUT2D eigenvalue weighted by Crippen LogP contribution is 2.36. The molecule has 0 radical (unpaired) electrons. The molecule has 5 rings (SSSR count). The van der Waals surface area contributed by atoms with Gasteiger partial charge in [-0.1, -0.05) is 51.1 Å². The summed E-state index contributed by atoms with van der Waals surface area (Å²) in [5.74, 6) is 0.970. The van der Waals surface area contributed by atoms with Crippen LogP contribution >= 0.6 is 0 Å². The minimum atomic E-state index is 0.136. The number of fused-ring (bicyclic) bond motifs is 2. The second kappa shape index (κ2) is 7.45. The number of anilines is 1. The van der Waals surface area contributed by atoms with Gasteiger partial charge in [0.05, 0.1) is 17.3 Å². The van der Waals surface area contributed by atoms with E-state index in [0.717, 1.165) is 35.6 Å². The molecule has 1 N–H and O–H groups in total. The predicted octanol–water partition coefficient (Wildman–Crippen LogP) is 6.30. The van der Waals surface area contributed by atoms with Crippen LogP contribution < -0.4 is 5.32 Å². The molecule has 4 heteroatoms. The van der Waals surface area contributed by atoms with E-state index in [9.17, 15) is 0 Å². The molecule has 0 aliphatic carbocycles. The minimum Gasteiger partial charge on any atom is -0.361 e. The van der Waals surface area contributed by atoms with Gasteiger partial charge in [0, 0.05) is 17.5 Å². The Morgan fingerprint density at radius 3 is 2.65 bits per heavy atom. The molecule has 0 amide bonds. The maximum Gasteiger partial charge on any atom is 0.130 e. The first-order valence-electron chi connectivity index (χ1n) is 10.9. The Labute approximate surface area is 183 Å². The summed E-state index contributed by atoms with van der Waals surface area (Å²) < 4.78 is 0. The Hall–Kier alpha value is -3.27. The molecule has 1 unspecified atom stereocenters. The van der Waals surface area contributed by atoms with Gasteiger partial charge in [-0.25, -0.2) is 15.0 Å². The zero-order chi connectivity index (χ0) is 21.6. The molecule has 1 aliphatic rings. The molecular formula is C27H28N4. The fourth-order valence-electron chi connectivity index (χ4n) is 4.43. The summed E-state index contributed by atoms with van der Waals surface area (Å²) in [7, 11) is 0. The molecule has 3 heterocycles. The molecule has 0 saturated heterocycles. The zero-order valence-corrected chi connectivity index (χ0v) is 18.6. The maximum atomic E-state index is 4.92. The van der Waals surface area contributed by atoms with Crippen LogP contribution in [0, 0.1) is 12.3 Å². The van der Waals surface area contributed by atoms with Crippen LogP contribution in [0.2, 0.25) is 0 Å². The normalized spacial score (nSPS) is 15.7. The molecule has 156 valence electrons. The molecule has 31 heavy (non-hydrogen) atoms. The van der Waals surface area contributed by atoms with E-state index in [1.54, 1.807) is 6.33 Å². The number of aromatic nitrogens is 3. The monoisotopic (exact) mass is 408 g/mol. The number of hydrogen-bond acceptors (Lipinski definition) is 4. The summed E-state index contributed by atoms with van der Waals surface area (Å²) in [6.45, 7) is 8.86. The molecular weight excluding hydrogens is 380 g/mol. The lowest BCUT2D eigenvalue weighted by Crippen LogP contribution is -2.13. The van der Waals surface area contributed by atoms with Gasteiger partial charge >= 0.3 is 0 Å². The highest BCUT2D eigenvalue weighted by atomic mass is 15.1. The van der Waals surface area contributed by atoms with Crippen molar-refractivity contribution in [3.8, 4) is 11.1 Å². The third kappa shape index (κ3) is 4.02. The van der Waals surface area contributed by atoms with Gasteiger partial charge in [0.2, 0.25) is 0 Å². The number of rotatable bonds is 3. The van der Waals surface area contributed by atoms with Crippen molar-refractivity contribution in [2.75, 3.05) is 5.32 Å². The Morgan fingerprint density at radius 1 is 1.00 bits per heavy atom. The van der Waals surface area contributed by atoms with E-state index in [1.807, 2.05) is 0 Å². The van der Waals surface area contributed by atoms with Crippen LogP contribution in [-0.2, 0) is 12.8 Å². The van der Waals surface area contributed by atoms with Crippen LogP contribution in [0.15, 0.2) is 60.9 Å². The molecule has 1 atom stereocenters. The van der Waals surface area contributed by atoms with Crippen LogP contribution in [0.1, 0.15) is 49.3 Å². The highest BCUT2D eigenvalue weighted by Gasteiger charge is 2.25. The Balaban J connectivity index is 1.45. The van der Waals surface area contributed by atoms with E-state index in [1.165, 1.54) is 27.6 Å². The summed E-state index contributed by atoms with van der Waals surface area (Å²) in [6.07, 6.45) is 3.52. The van der Waals surface area contributed by atoms with Crippen molar-refractivity contribution in [1.29, 1.82) is 0 Å². The Morgan fingerprint density at radius 2 is 1.84 bits per heavy atom. The first-order chi connectivity index (χ1) is 14.9. The summed E-state index contributed by atoms with van der Waals surface area (Å²) >= 11 is 0. The van der Waals surface area contributed by atoms with Crippen molar-refractivity contribution in [2.24, 2.45) is 5.41 Å². The number of nitrogens with zero attached hydrogens (tertiary/aromatic N) is 3. The average Bonchev–Trinajstić information content (AvgIpc) is 3.14. The largest absolute Gasteiger partial charge is 0.361 e. The standard InChI is InChI=1S/C27H28N4/c1-17-7-5-6-8-22(17)18-9-10-23-19(11-18)12-20-13-25(31-26(20)30-23)24-14-21(28-16-29-24)15-27(2,3)4/h5-12,14,16,25H,13,15H2,1-4H3,(H,30,31). The van der Waals surface area contributed by atoms with Crippen LogP contribution in [0.5, 0.6) is 0 Å². The quantitative estimate of drug-likeness (QED) is 0.432. The van der Waals surface area contributed by atoms with Crippen molar-refractivity contribution < 1.29 is 0 Å². The summed E-state index contributed by atoms with van der Waals surface area (Å²) in [6, 6.07) is 19.6. The molecule has 2 aromatic heterocycles. The van der Waals surface area contributed by atoms with Gasteiger partial charge in [-0.2, -0.15) is 0 Å². The lowest BCUT2D eigenvalue weighted by molar-refractivity contribution is 0.405. The number of benzene rings is 2. The molecule has 0 bridgehead atoms. The lowest BCUT2D eigenvalue weighted by atomic mass is 9.90. The van der Waals surface area contributed by atoms with Crippen LogP contribution in [-0.4, -0.2) is 15.0 Å². The van der Waals surface area contributed by atoms with Crippen LogP contribution in [0.4, 0.5) is 5.82 Å².